The first-order valence-corrected chi connectivity index (χ1v) is 5.77. The molecular weight excluding hydrogens is 303 g/mol. The number of halogens is 1. The molecule has 1 heterocycles. The molecule has 0 radical (unpaired) electrons. The monoisotopic (exact) mass is 314 g/mol. The lowest BCUT2D eigenvalue weighted by Crippen LogP contribution is -2.11. The Morgan fingerprint density at radius 1 is 1.13 bits per heavy atom. The molecule has 0 aliphatic rings. The van der Waals surface area contributed by atoms with Crippen LogP contribution in [0.5, 0.6) is 0 Å². The van der Waals surface area contributed by atoms with Crippen molar-refractivity contribution in [1.82, 2.24) is 10.5 Å². The van der Waals surface area contributed by atoms with Gasteiger partial charge in [0.1, 0.15) is 5.76 Å². The van der Waals surface area contributed by atoms with Gasteiger partial charge in [-0.2, -0.15) is 0 Å². The first kappa shape index (κ1) is 10.6. The van der Waals surface area contributed by atoms with Crippen LogP contribution < -0.4 is 5.32 Å². The summed E-state index contributed by atoms with van der Waals surface area (Å²) >= 11 is 2.30. The fraction of sp³-hybridized carbons (Fsp3) is 0.182. The van der Waals surface area contributed by atoms with E-state index in [1.165, 1.54) is 9.13 Å². The zero-order valence-electron chi connectivity index (χ0n) is 8.11. The minimum absolute atomic E-state index is 0.714. The van der Waals surface area contributed by atoms with E-state index < -0.39 is 0 Å². The van der Waals surface area contributed by atoms with Crippen LogP contribution in [0.2, 0.25) is 0 Å². The van der Waals surface area contributed by atoms with E-state index in [2.05, 4.69) is 57.3 Å². The predicted molar refractivity (Wildman–Crippen MR) is 66.2 cm³/mol. The van der Waals surface area contributed by atoms with E-state index in [0.717, 1.165) is 12.3 Å². The van der Waals surface area contributed by atoms with Gasteiger partial charge in [-0.05, 0) is 40.3 Å². The average molecular weight is 314 g/mol. The number of nitrogens with one attached hydrogen (secondary N) is 1. The fourth-order valence-electron chi connectivity index (χ4n) is 1.27. The van der Waals surface area contributed by atoms with Crippen molar-refractivity contribution in [3.05, 3.63) is 51.4 Å². The standard InChI is InChI=1S/C11H11IN2O/c12-10-3-1-9(2-4-10)7-13-8-11-5-6-14-15-11/h1-6,13H,7-8H2. The van der Waals surface area contributed by atoms with Crippen LogP contribution in [-0.4, -0.2) is 5.16 Å². The predicted octanol–water partition coefficient (Wildman–Crippen LogP) is 2.57. The first-order chi connectivity index (χ1) is 7.34. The van der Waals surface area contributed by atoms with E-state index in [9.17, 15) is 0 Å². The molecule has 4 heteroatoms. The van der Waals surface area contributed by atoms with E-state index in [0.29, 0.717) is 6.54 Å². The molecular formula is C11H11IN2O. The molecule has 0 atom stereocenters. The quantitative estimate of drug-likeness (QED) is 0.882. The van der Waals surface area contributed by atoms with Gasteiger partial charge in [-0.25, -0.2) is 0 Å². The summed E-state index contributed by atoms with van der Waals surface area (Å²) in [5.74, 6) is 0.862. The molecule has 0 aliphatic heterocycles. The lowest BCUT2D eigenvalue weighted by atomic mass is 10.2. The highest BCUT2D eigenvalue weighted by molar-refractivity contribution is 14.1. The molecule has 0 saturated heterocycles. The van der Waals surface area contributed by atoms with Crippen LogP contribution in [-0.2, 0) is 13.1 Å². The Morgan fingerprint density at radius 3 is 2.60 bits per heavy atom. The van der Waals surface area contributed by atoms with Crippen molar-refractivity contribution < 1.29 is 4.52 Å². The maximum absolute atomic E-state index is 4.98. The van der Waals surface area contributed by atoms with Gasteiger partial charge in [0.05, 0.1) is 12.7 Å². The highest BCUT2D eigenvalue weighted by Gasteiger charge is 1.96. The molecule has 0 bridgehead atoms. The van der Waals surface area contributed by atoms with Crippen molar-refractivity contribution in [2.24, 2.45) is 0 Å². The summed E-state index contributed by atoms with van der Waals surface area (Å²) in [5, 5.41) is 6.93. The van der Waals surface area contributed by atoms with Gasteiger partial charge in [0, 0.05) is 16.2 Å². The normalized spacial score (nSPS) is 10.5. The van der Waals surface area contributed by atoms with Crippen molar-refractivity contribution in [3.8, 4) is 0 Å². The van der Waals surface area contributed by atoms with Crippen LogP contribution in [0.4, 0.5) is 0 Å². The zero-order chi connectivity index (χ0) is 10.5. The molecule has 2 aromatic rings. The second-order valence-electron chi connectivity index (χ2n) is 3.21. The SMILES string of the molecule is Ic1ccc(CNCc2ccno2)cc1. The molecule has 0 unspecified atom stereocenters. The lowest BCUT2D eigenvalue weighted by molar-refractivity contribution is 0.373. The van der Waals surface area contributed by atoms with Crippen molar-refractivity contribution in [2.75, 3.05) is 0 Å². The summed E-state index contributed by atoms with van der Waals surface area (Å²) in [7, 11) is 0. The number of benzene rings is 1. The van der Waals surface area contributed by atoms with Gasteiger partial charge in [-0.1, -0.05) is 17.3 Å². The summed E-state index contributed by atoms with van der Waals surface area (Å²) < 4.78 is 6.23. The molecule has 0 aliphatic carbocycles. The Kier molecular flexibility index (Phi) is 3.74. The second-order valence-corrected chi connectivity index (χ2v) is 4.45. The van der Waals surface area contributed by atoms with Gasteiger partial charge in [-0.15, -0.1) is 0 Å². The maximum atomic E-state index is 4.98. The van der Waals surface area contributed by atoms with Crippen LogP contribution in [0.1, 0.15) is 11.3 Å². The maximum Gasteiger partial charge on any atom is 0.150 e. The summed E-state index contributed by atoms with van der Waals surface area (Å²) in [4.78, 5) is 0. The minimum Gasteiger partial charge on any atom is -0.360 e. The van der Waals surface area contributed by atoms with Crippen LogP contribution in [0.3, 0.4) is 0 Å². The van der Waals surface area contributed by atoms with Gasteiger partial charge in [0.2, 0.25) is 0 Å². The van der Waals surface area contributed by atoms with Crippen molar-refractivity contribution in [3.63, 3.8) is 0 Å². The Balaban J connectivity index is 1.81. The highest BCUT2D eigenvalue weighted by atomic mass is 127. The third-order valence-corrected chi connectivity index (χ3v) is 2.75. The number of nitrogens with zero attached hydrogens (tertiary/aromatic N) is 1. The Bertz CT molecular complexity index is 397. The molecule has 78 valence electrons. The van der Waals surface area contributed by atoms with Crippen LogP contribution >= 0.6 is 22.6 Å². The van der Waals surface area contributed by atoms with Gasteiger partial charge < -0.3 is 9.84 Å². The zero-order valence-corrected chi connectivity index (χ0v) is 10.3. The number of hydrogen-bond acceptors (Lipinski definition) is 3. The smallest absolute Gasteiger partial charge is 0.150 e. The Morgan fingerprint density at radius 2 is 1.93 bits per heavy atom. The first-order valence-electron chi connectivity index (χ1n) is 4.69. The van der Waals surface area contributed by atoms with E-state index in [1.807, 2.05) is 6.07 Å². The number of aromatic nitrogens is 1. The number of hydrogen-bond donors (Lipinski definition) is 1. The van der Waals surface area contributed by atoms with Crippen LogP contribution in [0.25, 0.3) is 0 Å². The van der Waals surface area contributed by atoms with E-state index >= 15 is 0 Å². The molecule has 0 spiro atoms. The Hall–Kier alpha value is -0.880. The molecule has 0 saturated carbocycles. The van der Waals surface area contributed by atoms with Crippen molar-refractivity contribution in [2.45, 2.75) is 13.1 Å². The number of rotatable bonds is 4. The van der Waals surface area contributed by atoms with Crippen LogP contribution in [0.15, 0.2) is 41.1 Å². The Labute approximate surface area is 102 Å². The molecule has 0 fully saturated rings. The van der Waals surface area contributed by atoms with Crippen molar-refractivity contribution >= 4 is 22.6 Å². The molecule has 2 rings (SSSR count). The van der Waals surface area contributed by atoms with E-state index in [4.69, 9.17) is 4.52 Å². The largest absolute Gasteiger partial charge is 0.360 e. The van der Waals surface area contributed by atoms with E-state index in [-0.39, 0.29) is 0 Å². The summed E-state index contributed by atoms with van der Waals surface area (Å²) in [6.07, 6.45) is 1.65. The average Bonchev–Trinajstić information content (AvgIpc) is 2.74. The topological polar surface area (TPSA) is 38.1 Å². The summed E-state index contributed by atoms with van der Waals surface area (Å²) in [6, 6.07) is 10.3. The van der Waals surface area contributed by atoms with Gasteiger partial charge in [0.25, 0.3) is 0 Å². The summed E-state index contributed by atoms with van der Waals surface area (Å²) in [6.45, 7) is 1.56. The lowest BCUT2D eigenvalue weighted by Gasteiger charge is -2.02. The highest BCUT2D eigenvalue weighted by Crippen LogP contribution is 2.06. The van der Waals surface area contributed by atoms with Gasteiger partial charge in [0.15, 0.2) is 0 Å². The van der Waals surface area contributed by atoms with Crippen LogP contribution in [0, 0.1) is 3.57 Å². The van der Waals surface area contributed by atoms with Crippen molar-refractivity contribution in [1.29, 1.82) is 0 Å². The van der Waals surface area contributed by atoms with Gasteiger partial charge in [-0.3, -0.25) is 0 Å². The molecule has 1 aromatic carbocycles. The third kappa shape index (κ3) is 3.32. The van der Waals surface area contributed by atoms with Gasteiger partial charge >= 0.3 is 0 Å². The second kappa shape index (κ2) is 5.27. The molecule has 15 heavy (non-hydrogen) atoms. The minimum atomic E-state index is 0.714. The molecule has 1 N–H and O–H groups in total. The molecule has 0 amide bonds. The van der Waals surface area contributed by atoms with E-state index in [1.54, 1.807) is 6.20 Å². The molecule has 3 nitrogen and oxygen atoms in total. The molecule has 1 aromatic heterocycles. The fourth-order valence-corrected chi connectivity index (χ4v) is 1.63. The third-order valence-electron chi connectivity index (χ3n) is 2.03. The summed E-state index contributed by atoms with van der Waals surface area (Å²) in [5.41, 5.74) is 1.27.